The van der Waals surface area contributed by atoms with Gasteiger partial charge in [0.15, 0.2) is 0 Å². The van der Waals surface area contributed by atoms with Gasteiger partial charge in [0.05, 0.1) is 0 Å². The average molecular weight is 356 g/mol. The van der Waals surface area contributed by atoms with Crippen LogP contribution in [-0.2, 0) is 15.1 Å². The van der Waals surface area contributed by atoms with Crippen molar-refractivity contribution < 1.29 is 18.8 Å². The van der Waals surface area contributed by atoms with E-state index in [2.05, 4.69) is 15.6 Å². The van der Waals surface area contributed by atoms with Crippen LogP contribution in [0.3, 0.4) is 0 Å². The van der Waals surface area contributed by atoms with Crippen LogP contribution in [0.4, 0.5) is 15.0 Å². The lowest BCUT2D eigenvalue weighted by Gasteiger charge is -2.22. The maximum atomic E-state index is 13.1. The molecule has 4 amide bonds. The van der Waals surface area contributed by atoms with E-state index in [9.17, 15) is 18.8 Å². The Bertz CT molecular complexity index is 867. The van der Waals surface area contributed by atoms with Crippen LogP contribution in [-0.4, -0.2) is 34.3 Å². The van der Waals surface area contributed by atoms with Crippen LogP contribution in [0.1, 0.15) is 18.1 Å². The van der Waals surface area contributed by atoms with Crippen LogP contribution in [0.2, 0.25) is 0 Å². The number of aryl methyl sites for hydroxylation is 1. The van der Waals surface area contributed by atoms with E-state index in [4.69, 9.17) is 0 Å². The van der Waals surface area contributed by atoms with E-state index < -0.39 is 35.7 Å². The number of nitrogens with zero attached hydrogens (tertiary/aromatic N) is 2. The molecule has 1 saturated heterocycles. The number of amides is 4. The topological polar surface area (TPSA) is 91.4 Å². The summed E-state index contributed by atoms with van der Waals surface area (Å²) in [6.07, 6.45) is 1.59. The van der Waals surface area contributed by atoms with Crippen molar-refractivity contribution in [1.82, 2.24) is 15.2 Å². The van der Waals surface area contributed by atoms with Crippen LogP contribution < -0.4 is 10.6 Å². The number of carbonyl (C=O) groups is 3. The van der Waals surface area contributed by atoms with E-state index in [0.717, 1.165) is 10.5 Å². The van der Waals surface area contributed by atoms with Crippen molar-refractivity contribution in [2.24, 2.45) is 0 Å². The Morgan fingerprint density at radius 2 is 1.92 bits per heavy atom. The second-order valence-corrected chi connectivity index (χ2v) is 6.22. The van der Waals surface area contributed by atoms with E-state index in [1.165, 1.54) is 31.2 Å². The first kappa shape index (κ1) is 17.5. The molecule has 1 unspecified atom stereocenters. The fraction of sp³-hybridized carbons (Fsp3) is 0.222. The number of rotatable bonds is 4. The molecule has 1 aliphatic rings. The Kier molecular flexibility index (Phi) is 4.41. The number of pyridine rings is 1. The van der Waals surface area contributed by atoms with Gasteiger partial charge in [0.1, 0.15) is 23.7 Å². The standard InChI is InChI=1S/C18H17FN4O3/c1-11-3-8-14(20-9-11)21-15(24)10-23-16(25)18(2,22-17(23)26)12-4-6-13(19)7-5-12/h3-9H,10H2,1-2H3,(H,22,26)(H,20,21,24). The maximum absolute atomic E-state index is 13.1. The van der Waals surface area contributed by atoms with Crippen LogP contribution in [0, 0.1) is 12.7 Å². The van der Waals surface area contributed by atoms with Gasteiger partial charge in [-0.25, -0.2) is 14.2 Å². The zero-order valence-electron chi connectivity index (χ0n) is 14.2. The SMILES string of the molecule is Cc1ccc(NC(=O)CN2C(=O)NC(C)(c3ccc(F)cc3)C2=O)nc1. The number of hydrogen-bond donors (Lipinski definition) is 2. The molecule has 26 heavy (non-hydrogen) atoms. The molecule has 3 rings (SSSR count). The highest BCUT2D eigenvalue weighted by Crippen LogP contribution is 2.28. The number of aromatic nitrogens is 1. The Balaban J connectivity index is 1.73. The number of imide groups is 1. The molecule has 1 fully saturated rings. The van der Waals surface area contributed by atoms with E-state index in [1.54, 1.807) is 18.3 Å². The molecule has 0 radical (unpaired) electrons. The molecule has 1 aromatic carbocycles. The molecule has 2 heterocycles. The largest absolute Gasteiger partial charge is 0.325 e. The fourth-order valence-corrected chi connectivity index (χ4v) is 2.69. The molecule has 8 heteroatoms. The summed E-state index contributed by atoms with van der Waals surface area (Å²) >= 11 is 0. The highest BCUT2D eigenvalue weighted by molar-refractivity contribution is 6.10. The normalized spacial score (nSPS) is 19.4. The van der Waals surface area contributed by atoms with Crippen LogP contribution in [0.5, 0.6) is 0 Å². The molecule has 134 valence electrons. The number of benzene rings is 1. The summed E-state index contributed by atoms with van der Waals surface area (Å²) in [6, 6.07) is 7.98. The predicted octanol–water partition coefficient (Wildman–Crippen LogP) is 1.93. The van der Waals surface area contributed by atoms with Crippen molar-refractivity contribution in [3.8, 4) is 0 Å². The highest BCUT2D eigenvalue weighted by Gasteiger charge is 2.49. The second-order valence-electron chi connectivity index (χ2n) is 6.22. The summed E-state index contributed by atoms with van der Waals surface area (Å²) in [7, 11) is 0. The summed E-state index contributed by atoms with van der Waals surface area (Å²) in [5, 5.41) is 5.10. The molecular formula is C18H17FN4O3. The molecular weight excluding hydrogens is 339 g/mol. The number of carbonyl (C=O) groups excluding carboxylic acids is 3. The number of urea groups is 1. The van der Waals surface area contributed by atoms with E-state index >= 15 is 0 Å². The van der Waals surface area contributed by atoms with Crippen molar-refractivity contribution in [3.05, 3.63) is 59.5 Å². The Morgan fingerprint density at radius 1 is 1.23 bits per heavy atom. The van der Waals surface area contributed by atoms with Crippen LogP contribution >= 0.6 is 0 Å². The van der Waals surface area contributed by atoms with Gasteiger partial charge < -0.3 is 10.6 Å². The molecule has 0 bridgehead atoms. The molecule has 7 nitrogen and oxygen atoms in total. The van der Waals surface area contributed by atoms with Gasteiger partial charge >= 0.3 is 6.03 Å². The third-order valence-corrected chi connectivity index (χ3v) is 4.18. The number of hydrogen-bond acceptors (Lipinski definition) is 4. The second kappa shape index (κ2) is 6.55. The summed E-state index contributed by atoms with van der Waals surface area (Å²) < 4.78 is 13.1. The van der Waals surface area contributed by atoms with Gasteiger partial charge in [-0.05, 0) is 43.2 Å². The quantitative estimate of drug-likeness (QED) is 0.819. The average Bonchev–Trinajstić information content (AvgIpc) is 2.82. The van der Waals surface area contributed by atoms with Gasteiger partial charge in [-0.3, -0.25) is 14.5 Å². The van der Waals surface area contributed by atoms with Gasteiger partial charge in [-0.15, -0.1) is 0 Å². The summed E-state index contributed by atoms with van der Waals surface area (Å²) in [5.74, 6) is -1.25. The third-order valence-electron chi connectivity index (χ3n) is 4.18. The summed E-state index contributed by atoms with van der Waals surface area (Å²) in [4.78, 5) is 41.9. The Morgan fingerprint density at radius 3 is 2.54 bits per heavy atom. The van der Waals surface area contributed by atoms with Crippen molar-refractivity contribution in [3.63, 3.8) is 0 Å². The van der Waals surface area contributed by atoms with E-state index in [1.807, 2.05) is 6.92 Å². The van der Waals surface area contributed by atoms with Crippen molar-refractivity contribution in [2.45, 2.75) is 19.4 Å². The number of anilines is 1. The van der Waals surface area contributed by atoms with Crippen LogP contribution in [0.15, 0.2) is 42.6 Å². The number of halogens is 1. The zero-order chi connectivity index (χ0) is 18.9. The minimum Gasteiger partial charge on any atom is -0.319 e. The van der Waals surface area contributed by atoms with E-state index in [-0.39, 0.29) is 0 Å². The first-order chi connectivity index (χ1) is 12.3. The minimum absolute atomic E-state index is 0.328. The highest BCUT2D eigenvalue weighted by atomic mass is 19.1. The van der Waals surface area contributed by atoms with Gasteiger partial charge in [-0.2, -0.15) is 0 Å². The molecule has 0 spiro atoms. The first-order valence-electron chi connectivity index (χ1n) is 7.92. The summed E-state index contributed by atoms with van der Waals surface area (Å²) in [5.41, 5.74) is 0.0141. The smallest absolute Gasteiger partial charge is 0.319 e. The van der Waals surface area contributed by atoms with Gasteiger partial charge in [0, 0.05) is 6.20 Å². The molecule has 1 aromatic heterocycles. The van der Waals surface area contributed by atoms with Gasteiger partial charge in [-0.1, -0.05) is 18.2 Å². The first-order valence-corrected chi connectivity index (χ1v) is 7.92. The molecule has 0 saturated carbocycles. The molecule has 1 aliphatic heterocycles. The van der Waals surface area contributed by atoms with Crippen molar-refractivity contribution >= 4 is 23.7 Å². The lowest BCUT2D eigenvalue weighted by Crippen LogP contribution is -2.42. The van der Waals surface area contributed by atoms with Crippen LogP contribution in [0.25, 0.3) is 0 Å². The van der Waals surface area contributed by atoms with Gasteiger partial charge in [0.25, 0.3) is 5.91 Å². The monoisotopic (exact) mass is 356 g/mol. The maximum Gasteiger partial charge on any atom is 0.325 e. The summed E-state index contributed by atoms with van der Waals surface area (Å²) in [6.45, 7) is 2.93. The molecule has 2 aromatic rings. The van der Waals surface area contributed by atoms with Crippen molar-refractivity contribution in [2.75, 3.05) is 11.9 Å². The van der Waals surface area contributed by atoms with Crippen molar-refractivity contribution in [1.29, 1.82) is 0 Å². The molecule has 1 atom stereocenters. The molecule has 2 N–H and O–H groups in total. The molecule has 0 aliphatic carbocycles. The minimum atomic E-state index is -1.35. The van der Waals surface area contributed by atoms with Gasteiger partial charge in [0.2, 0.25) is 5.91 Å². The zero-order valence-corrected chi connectivity index (χ0v) is 14.2. The lowest BCUT2D eigenvalue weighted by atomic mass is 9.92. The number of nitrogens with one attached hydrogen (secondary N) is 2. The third kappa shape index (κ3) is 3.26. The lowest BCUT2D eigenvalue weighted by molar-refractivity contribution is -0.133. The Labute approximate surface area is 149 Å². The predicted molar refractivity (Wildman–Crippen MR) is 91.6 cm³/mol. The Hall–Kier alpha value is -3.29. The fourth-order valence-electron chi connectivity index (χ4n) is 2.69. The van der Waals surface area contributed by atoms with E-state index in [0.29, 0.717) is 11.4 Å².